The Bertz CT molecular complexity index is 520. The van der Waals surface area contributed by atoms with Gasteiger partial charge in [0.2, 0.25) is 0 Å². The molecule has 0 radical (unpaired) electrons. The molecule has 0 aromatic heterocycles. The van der Waals surface area contributed by atoms with Gasteiger partial charge in [-0.05, 0) is 17.7 Å². The van der Waals surface area contributed by atoms with E-state index in [1.807, 2.05) is 18.2 Å². The Kier molecular flexibility index (Phi) is 5.64. The lowest BCUT2D eigenvalue weighted by Gasteiger charge is -2.34. The summed E-state index contributed by atoms with van der Waals surface area (Å²) in [4.78, 5) is 25.3. The van der Waals surface area contributed by atoms with E-state index in [2.05, 4.69) is 0 Å². The van der Waals surface area contributed by atoms with Gasteiger partial charge in [0, 0.05) is 30.7 Å². The Balaban J connectivity index is 2.16. The molecule has 1 fully saturated rings. The minimum Gasteiger partial charge on any atom is -0.481 e. The number of ether oxygens (including phenoxy) is 1. The minimum atomic E-state index is -0.867. The molecule has 114 valence electrons. The van der Waals surface area contributed by atoms with Crippen LogP contribution >= 0.6 is 11.8 Å². The van der Waals surface area contributed by atoms with Crippen LogP contribution in [0.2, 0.25) is 0 Å². The molecule has 0 saturated carbocycles. The van der Waals surface area contributed by atoms with Crippen molar-refractivity contribution in [3.05, 3.63) is 35.4 Å². The van der Waals surface area contributed by atoms with Crippen molar-refractivity contribution >= 4 is 23.6 Å². The Morgan fingerprint density at radius 2 is 2.29 bits per heavy atom. The summed E-state index contributed by atoms with van der Waals surface area (Å²) >= 11 is 1.70. The lowest BCUT2D eigenvalue weighted by atomic mass is 10.1. The molecule has 1 heterocycles. The van der Waals surface area contributed by atoms with Gasteiger partial charge in [-0.25, -0.2) is 0 Å². The summed E-state index contributed by atoms with van der Waals surface area (Å²) < 4.78 is 5.08. The number of rotatable bonds is 5. The molecule has 1 aliphatic heterocycles. The van der Waals surface area contributed by atoms with Crippen LogP contribution in [0.25, 0.3) is 0 Å². The molecule has 0 bridgehead atoms. The third-order valence-electron chi connectivity index (χ3n) is 3.38. The topological polar surface area (TPSA) is 66.8 Å². The van der Waals surface area contributed by atoms with E-state index < -0.39 is 5.97 Å². The van der Waals surface area contributed by atoms with Gasteiger partial charge in [0.25, 0.3) is 5.91 Å². The number of methoxy groups -OCH3 is 1. The number of thioether (sulfide) groups is 1. The first-order valence-corrected chi connectivity index (χ1v) is 7.95. The summed E-state index contributed by atoms with van der Waals surface area (Å²) in [6, 6.07) is 7.07. The molecule has 6 heteroatoms. The lowest BCUT2D eigenvalue weighted by Crippen LogP contribution is -2.47. The van der Waals surface area contributed by atoms with Crippen molar-refractivity contribution in [1.29, 1.82) is 0 Å². The predicted molar refractivity (Wildman–Crippen MR) is 81.6 cm³/mol. The monoisotopic (exact) mass is 309 g/mol. The van der Waals surface area contributed by atoms with E-state index in [-0.39, 0.29) is 18.4 Å². The molecule has 0 spiro atoms. The summed E-state index contributed by atoms with van der Waals surface area (Å²) in [5.41, 5.74) is 1.52. The number of hydrogen-bond donors (Lipinski definition) is 1. The molecule has 5 nitrogen and oxygen atoms in total. The number of nitrogens with zero attached hydrogens (tertiary/aromatic N) is 1. The molecule has 21 heavy (non-hydrogen) atoms. The zero-order chi connectivity index (χ0) is 15.2. The first-order valence-electron chi connectivity index (χ1n) is 6.80. The first-order chi connectivity index (χ1) is 10.1. The summed E-state index contributed by atoms with van der Waals surface area (Å²) in [5, 5.41) is 8.99. The average molecular weight is 309 g/mol. The highest BCUT2D eigenvalue weighted by Gasteiger charge is 2.29. The Morgan fingerprint density at radius 1 is 1.48 bits per heavy atom. The van der Waals surface area contributed by atoms with Gasteiger partial charge in [-0.2, -0.15) is 11.8 Å². The number of benzene rings is 1. The number of aliphatic carboxylic acids is 1. The summed E-state index contributed by atoms with van der Waals surface area (Å²) in [6.07, 6.45) is -0.00347. The summed E-state index contributed by atoms with van der Waals surface area (Å²) in [5.74, 6) is 0.558. The molecule has 1 saturated heterocycles. The van der Waals surface area contributed by atoms with Crippen LogP contribution < -0.4 is 0 Å². The quantitative estimate of drug-likeness (QED) is 0.899. The number of carbonyl (C=O) groups is 2. The third-order valence-corrected chi connectivity index (χ3v) is 4.48. The van der Waals surface area contributed by atoms with Crippen LogP contribution in [0.3, 0.4) is 0 Å². The van der Waals surface area contributed by atoms with Crippen molar-refractivity contribution in [1.82, 2.24) is 4.90 Å². The van der Waals surface area contributed by atoms with Gasteiger partial charge in [0.1, 0.15) is 0 Å². The van der Waals surface area contributed by atoms with E-state index in [1.165, 1.54) is 0 Å². The first kappa shape index (κ1) is 15.9. The van der Waals surface area contributed by atoms with Crippen LogP contribution in [-0.4, -0.2) is 53.1 Å². The molecule has 1 aromatic rings. The Hall–Kier alpha value is -1.53. The van der Waals surface area contributed by atoms with Crippen molar-refractivity contribution in [3.63, 3.8) is 0 Å². The fourth-order valence-corrected chi connectivity index (χ4v) is 3.48. The smallest absolute Gasteiger partial charge is 0.305 e. The normalized spacial score (nSPS) is 18.5. The van der Waals surface area contributed by atoms with Crippen molar-refractivity contribution < 1.29 is 19.4 Å². The Morgan fingerprint density at radius 3 is 3.00 bits per heavy atom. The molecule has 1 atom stereocenters. The fourth-order valence-electron chi connectivity index (χ4n) is 2.42. The second-order valence-electron chi connectivity index (χ2n) is 4.96. The maximum absolute atomic E-state index is 12.6. The highest BCUT2D eigenvalue weighted by molar-refractivity contribution is 7.99. The van der Waals surface area contributed by atoms with Gasteiger partial charge in [-0.15, -0.1) is 0 Å². The predicted octanol–water partition coefficient (Wildman–Crippen LogP) is 1.87. The number of hydrogen-bond acceptors (Lipinski definition) is 4. The molecule has 1 aromatic carbocycles. The van der Waals surface area contributed by atoms with E-state index in [4.69, 9.17) is 9.84 Å². The molecule has 1 amide bonds. The van der Waals surface area contributed by atoms with Crippen molar-refractivity contribution in [2.24, 2.45) is 0 Å². The molecule has 1 unspecified atom stereocenters. The van der Waals surface area contributed by atoms with E-state index in [0.717, 1.165) is 11.3 Å². The summed E-state index contributed by atoms with van der Waals surface area (Å²) in [6.45, 7) is 1.05. The number of carbonyl (C=O) groups excluding carboxylic acids is 1. The molecule has 1 aliphatic rings. The van der Waals surface area contributed by atoms with E-state index in [1.54, 1.807) is 29.8 Å². The lowest BCUT2D eigenvalue weighted by molar-refractivity contribution is -0.138. The second-order valence-corrected chi connectivity index (χ2v) is 6.11. The standard InChI is InChI=1S/C15H19NO4S/c1-20-9-11-3-2-4-12(7-11)15(19)16-5-6-21-10-13(16)8-14(17)18/h2-4,7,13H,5-6,8-10H2,1H3,(H,17,18). The average Bonchev–Trinajstić information content (AvgIpc) is 2.47. The Labute approximate surface area is 128 Å². The zero-order valence-corrected chi connectivity index (χ0v) is 12.8. The maximum Gasteiger partial charge on any atom is 0.305 e. The van der Waals surface area contributed by atoms with Gasteiger partial charge in [-0.1, -0.05) is 12.1 Å². The van der Waals surface area contributed by atoms with Crippen LogP contribution in [0, 0.1) is 0 Å². The van der Waals surface area contributed by atoms with Crippen LogP contribution in [0.15, 0.2) is 24.3 Å². The van der Waals surface area contributed by atoms with E-state index in [9.17, 15) is 9.59 Å². The van der Waals surface area contributed by atoms with Gasteiger partial charge in [-0.3, -0.25) is 9.59 Å². The van der Waals surface area contributed by atoms with Crippen LogP contribution in [-0.2, 0) is 16.1 Å². The van der Waals surface area contributed by atoms with Gasteiger partial charge in [0.05, 0.1) is 19.1 Å². The number of amides is 1. The highest BCUT2D eigenvalue weighted by atomic mass is 32.2. The minimum absolute atomic E-state index is 0.00347. The zero-order valence-electron chi connectivity index (χ0n) is 11.9. The maximum atomic E-state index is 12.6. The van der Waals surface area contributed by atoms with Gasteiger partial charge >= 0.3 is 5.97 Å². The summed E-state index contributed by atoms with van der Waals surface area (Å²) in [7, 11) is 1.61. The molecule has 1 N–H and O–H groups in total. The number of carboxylic acids is 1. The van der Waals surface area contributed by atoms with Gasteiger partial charge < -0.3 is 14.7 Å². The highest BCUT2D eigenvalue weighted by Crippen LogP contribution is 2.21. The van der Waals surface area contributed by atoms with Crippen LogP contribution in [0.1, 0.15) is 22.3 Å². The molecular weight excluding hydrogens is 290 g/mol. The van der Waals surface area contributed by atoms with Crippen molar-refractivity contribution in [2.45, 2.75) is 19.1 Å². The SMILES string of the molecule is COCc1cccc(C(=O)N2CCSCC2CC(=O)O)c1. The molecular formula is C15H19NO4S. The molecule has 2 rings (SSSR count). The fraction of sp³-hybridized carbons (Fsp3) is 0.467. The van der Waals surface area contributed by atoms with Gasteiger partial charge in [0.15, 0.2) is 0 Å². The van der Waals surface area contributed by atoms with Crippen LogP contribution in [0.5, 0.6) is 0 Å². The molecule has 0 aliphatic carbocycles. The van der Waals surface area contributed by atoms with Crippen molar-refractivity contribution in [3.8, 4) is 0 Å². The largest absolute Gasteiger partial charge is 0.481 e. The second kappa shape index (κ2) is 7.47. The third kappa shape index (κ3) is 4.22. The van der Waals surface area contributed by atoms with Crippen LogP contribution in [0.4, 0.5) is 0 Å². The van der Waals surface area contributed by atoms with E-state index in [0.29, 0.717) is 24.5 Å². The van der Waals surface area contributed by atoms with Crippen molar-refractivity contribution in [2.75, 3.05) is 25.2 Å². The van der Waals surface area contributed by atoms with E-state index >= 15 is 0 Å². The number of carboxylic acid groups (broad SMARTS) is 1.